The monoisotopic (exact) mass is 768 g/mol. The van der Waals surface area contributed by atoms with Crippen LogP contribution >= 0.6 is 11.6 Å². The van der Waals surface area contributed by atoms with E-state index < -0.39 is 11.9 Å². The summed E-state index contributed by atoms with van der Waals surface area (Å²) in [6.07, 6.45) is 4.13. The predicted octanol–water partition coefficient (Wildman–Crippen LogP) is 4.40. The molecule has 3 aliphatic heterocycles. The average molecular weight is 769 g/mol. The van der Waals surface area contributed by atoms with E-state index in [2.05, 4.69) is 64.2 Å². The molecule has 3 amide bonds. The number of halogens is 1. The lowest BCUT2D eigenvalue weighted by Crippen LogP contribution is -2.74. The predicted molar refractivity (Wildman–Crippen MR) is 209 cm³/mol. The second kappa shape index (κ2) is 15.3. The number of hydrogen-bond donors (Lipinski definition) is 2. The summed E-state index contributed by atoms with van der Waals surface area (Å²) in [6, 6.07) is 15.7. The van der Waals surface area contributed by atoms with Crippen molar-refractivity contribution >= 4 is 40.7 Å². The van der Waals surface area contributed by atoms with Gasteiger partial charge in [0.25, 0.3) is 17.4 Å². The number of amides is 3. The lowest BCUT2D eigenvalue weighted by Gasteiger charge is -2.63. The molecule has 55 heavy (non-hydrogen) atoms. The van der Waals surface area contributed by atoms with Crippen LogP contribution in [0, 0.1) is 28.1 Å². The van der Waals surface area contributed by atoms with Gasteiger partial charge >= 0.3 is 0 Å². The van der Waals surface area contributed by atoms with Gasteiger partial charge in [-0.3, -0.25) is 29.4 Å². The molecule has 290 valence electrons. The van der Waals surface area contributed by atoms with Gasteiger partial charge in [0.05, 0.1) is 22.5 Å². The van der Waals surface area contributed by atoms with E-state index in [1.165, 1.54) is 4.68 Å². The summed E-state index contributed by atoms with van der Waals surface area (Å²) in [5.74, 6) is 0.291. The molecule has 7 rings (SSSR count). The molecule has 0 spiro atoms. The van der Waals surface area contributed by atoms with Crippen molar-refractivity contribution in [1.82, 2.24) is 25.3 Å². The molecule has 1 saturated carbocycles. The molecule has 3 saturated heterocycles. The van der Waals surface area contributed by atoms with Gasteiger partial charge in [0.2, 0.25) is 5.91 Å². The summed E-state index contributed by atoms with van der Waals surface area (Å²) < 4.78 is 7.56. The molecule has 14 heteroatoms. The summed E-state index contributed by atoms with van der Waals surface area (Å²) >= 11 is 6.25. The van der Waals surface area contributed by atoms with Crippen molar-refractivity contribution in [2.75, 3.05) is 55.6 Å². The zero-order valence-electron chi connectivity index (χ0n) is 31.9. The van der Waals surface area contributed by atoms with Crippen LogP contribution in [0.5, 0.6) is 5.75 Å². The fourth-order valence-corrected chi connectivity index (χ4v) is 9.50. The summed E-state index contributed by atoms with van der Waals surface area (Å²) in [5, 5.41) is 19.4. The molecule has 4 heterocycles. The minimum absolute atomic E-state index is 0.107. The molecule has 1 aliphatic carbocycles. The lowest BCUT2D eigenvalue weighted by atomic mass is 9.49. The summed E-state index contributed by atoms with van der Waals surface area (Å²) in [4.78, 5) is 57.1. The van der Waals surface area contributed by atoms with Gasteiger partial charge in [-0.05, 0) is 61.6 Å². The van der Waals surface area contributed by atoms with Crippen LogP contribution in [-0.4, -0.2) is 90.4 Å². The second-order valence-corrected chi connectivity index (χ2v) is 16.9. The van der Waals surface area contributed by atoms with Gasteiger partial charge in [-0.1, -0.05) is 39.3 Å². The molecular weight excluding hydrogens is 720 g/mol. The van der Waals surface area contributed by atoms with Gasteiger partial charge in [0, 0.05) is 92.5 Å². The minimum atomic E-state index is -0.758. The number of piperidine rings is 2. The van der Waals surface area contributed by atoms with Crippen LogP contribution < -0.4 is 30.7 Å². The second-order valence-electron chi connectivity index (χ2n) is 16.5. The number of aromatic nitrogens is 2. The third kappa shape index (κ3) is 7.80. The van der Waals surface area contributed by atoms with Crippen molar-refractivity contribution in [3.63, 3.8) is 0 Å². The van der Waals surface area contributed by atoms with E-state index in [4.69, 9.17) is 16.3 Å². The summed E-state index contributed by atoms with van der Waals surface area (Å²) in [6.45, 7) is 14.7. The number of carbonyl (C=O) groups is 3. The molecule has 4 aliphatic rings. The normalized spacial score (nSPS) is 24.0. The Hall–Kier alpha value is -4.93. The number of ether oxygens (including phenoxy) is 1. The molecule has 4 fully saturated rings. The summed E-state index contributed by atoms with van der Waals surface area (Å²) in [7, 11) is 0. The molecule has 2 aromatic carbocycles. The number of benzene rings is 2. The number of anilines is 2. The molecular formula is C41H49ClN8O5. The van der Waals surface area contributed by atoms with E-state index in [0.717, 1.165) is 70.0 Å². The van der Waals surface area contributed by atoms with Crippen LogP contribution in [0.25, 0.3) is 0 Å². The number of imide groups is 1. The van der Waals surface area contributed by atoms with Gasteiger partial charge in [-0.15, -0.1) is 0 Å². The van der Waals surface area contributed by atoms with Gasteiger partial charge < -0.3 is 19.9 Å². The van der Waals surface area contributed by atoms with E-state index in [9.17, 15) is 24.4 Å². The van der Waals surface area contributed by atoms with E-state index in [1.54, 1.807) is 30.5 Å². The highest BCUT2D eigenvalue weighted by Crippen LogP contribution is 2.55. The van der Waals surface area contributed by atoms with E-state index in [0.29, 0.717) is 27.8 Å². The van der Waals surface area contributed by atoms with Gasteiger partial charge in [-0.2, -0.15) is 10.4 Å². The Bertz CT molecular complexity index is 2030. The van der Waals surface area contributed by atoms with Crippen LogP contribution in [0.1, 0.15) is 75.3 Å². The van der Waals surface area contributed by atoms with Gasteiger partial charge in [-0.25, -0.2) is 4.68 Å². The Kier molecular flexibility index (Phi) is 10.7. The number of rotatable bonds is 9. The quantitative estimate of drug-likeness (QED) is 0.300. The maximum atomic E-state index is 13.5. The van der Waals surface area contributed by atoms with Crippen LogP contribution in [0.4, 0.5) is 11.4 Å². The first-order valence-electron chi connectivity index (χ1n) is 19.2. The van der Waals surface area contributed by atoms with Crippen molar-refractivity contribution in [3.8, 4) is 11.8 Å². The first-order valence-corrected chi connectivity index (χ1v) is 19.5. The van der Waals surface area contributed by atoms with Gasteiger partial charge in [0.15, 0.2) is 0 Å². The molecule has 1 unspecified atom stereocenters. The topological polar surface area (TPSA) is 153 Å². The van der Waals surface area contributed by atoms with Crippen molar-refractivity contribution in [3.05, 3.63) is 81.2 Å². The SMILES string of the molecule is CC1(C)[C@H](NC(=O)c2ccc(N3CCC(CN4CCN(c5cnn(C6CCC(=O)NC6=O)c(=O)c5)CC4)CC3)cc2)C(C)(C)[C@H]1Oc1ccc(C#N)c(Cl)c1. The standard InChI is InChI=1S/C41H49ClN8O5/c1-40(2)38(41(3,4)39(40)55-31-10-7-28(23-43)32(42)22-31)46-36(53)27-5-8-29(9-6-27)48-15-13-26(14-16-48)25-47-17-19-49(20-18-47)30-21-35(52)50(44-24-30)33-11-12-34(51)45-37(33)54/h5-10,21-22,24,26,33,38-39H,11-20,25H2,1-4H3,(H,46,53)(H,45,51,54)/t33?,38-,39-. The molecule has 0 radical (unpaired) electrons. The number of nitrogens with one attached hydrogen (secondary N) is 2. The van der Waals surface area contributed by atoms with Crippen LogP contribution in [0.15, 0.2) is 59.5 Å². The Labute approximate surface area is 326 Å². The fraction of sp³-hybridized carbons (Fsp3) is 0.512. The third-order valence-corrected chi connectivity index (χ3v) is 12.4. The molecule has 13 nitrogen and oxygen atoms in total. The van der Waals surface area contributed by atoms with Crippen molar-refractivity contribution in [1.29, 1.82) is 5.26 Å². The largest absolute Gasteiger partial charge is 0.489 e. The van der Waals surface area contributed by atoms with Crippen molar-refractivity contribution < 1.29 is 19.1 Å². The first-order chi connectivity index (χ1) is 26.2. The van der Waals surface area contributed by atoms with E-state index >= 15 is 0 Å². The molecule has 3 aromatic rings. The molecule has 2 N–H and O–H groups in total. The zero-order chi connectivity index (χ0) is 39.1. The number of hydrogen-bond acceptors (Lipinski definition) is 10. The average Bonchev–Trinajstić information content (AvgIpc) is 3.17. The zero-order valence-corrected chi connectivity index (χ0v) is 32.6. The highest BCUT2D eigenvalue weighted by molar-refractivity contribution is 6.31. The Morgan fingerprint density at radius 3 is 2.22 bits per heavy atom. The smallest absolute Gasteiger partial charge is 0.269 e. The molecule has 0 bridgehead atoms. The third-order valence-electron chi connectivity index (χ3n) is 12.1. The highest BCUT2D eigenvalue weighted by atomic mass is 35.5. The number of carbonyl (C=O) groups excluding carboxylic acids is 3. The van der Waals surface area contributed by atoms with Crippen molar-refractivity contribution in [2.45, 2.75) is 71.6 Å². The van der Waals surface area contributed by atoms with Crippen LogP contribution in [0.3, 0.4) is 0 Å². The van der Waals surface area contributed by atoms with Crippen molar-refractivity contribution in [2.24, 2.45) is 16.7 Å². The minimum Gasteiger partial charge on any atom is -0.489 e. The van der Waals surface area contributed by atoms with Crippen LogP contribution in [-0.2, 0) is 9.59 Å². The van der Waals surface area contributed by atoms with Gasteiger partial charge in [0.1, 0.15) is 24.0 Å². The lowest BCUT2D eigenvalue weighted by molar-refractivity contribution is -0.164. The number of piperazine rings is 1. The highest BCUT2D eigenvalue weighted by Gasteiger charge is 2.64. The summed E-state index contributed by atoms with van der Waals surface area (Å²) in [5.41, 5.74) is 1.88. The fourth-order valence-electron chi connectivity index (χ4n) is 9.29. The number of nitrogens with zero attached hydrogens (tertiary/aromatic N) is 6. The van der Waals surface area contributed by atoms with Crippen LogP contribution in [0.2, 0.25) is 5.02 Å². The molecule has 1 aromatic heterocycles. The molecule has 1 atom stereocenters. The van der Waals surface area contributed by atoms with E-state index in [-0.39, 0.29) is 53.2 Å². The maximum Gasteiger partial charge on any atom is 0.269 e. The number of nitriles is 1. The van der Waals surface area contributed by atoms with E-state index in [1.807, 2.05) is 24.3 Å². The maximum absolute atomic E-state index is 13.5. The Balaban J connectivity index is 0.856. The first kappa shape index (κ1) is 38.3. The Morgan fingerprint density at radius 2 is 1.60 bits per heavy atom. The Morgan fingerprint density at radius 1 is 0.927 bits per heavy atom.